The van der Waals surface area contributed by atoms with Crippen molar-refractivity contribution in [2.24, 2.45) is 0 Å². The third-order valence-corrected chi connectivity index (χ3v) is 3.21. The van der Waals surface area contributed by atoms with E-state index in [0.29, 0.717) is 11.3 Å². The number of hydrogen-bond acceptors (Lipinski definition) is 2. The van der Waals surface area contributed by atoms with Gasteiger partial charge in [-0.3, -0.25) is 0 Å². The summed E-state index contributed by atoms with van der Waals surface area (Å²) in [5.74, 6) is -0.0326. The third kappa shape index (κ3) is 1.28. The summed E-state index contributed by atoms with van der Waals surface area (Å²) in [7, 11) is 0. The number of nitrogen functional groups attached to an aromatic ring is 1. The maximum Gasteiger partial charge on any atom is 0.155 e. The fourth-order valence-corrected chi connectivity index (χ4v) is 2.52. The van der Waals surface area contributed by atoms with E-state index in [4.69, 9.17) is 17.3 Å². The van der Waals surface area contributed by atoms with Crippen LogP contribution in [-0.2, 0) is 5.88 Å². The van der Waals surface area contributed by atoms with E-state index < -0.39 is 0 Å². The number of hydrogen-bond donors (Lipinski definition) is 1. The molecule has 0 aliphatic carbocycles. The van der Waals surface area contributed by atoms with Gasteiger partial charge in [-0.25, -0.2) is 4.39 Å². The molecule has 2 rings (SSSR count). The molecule has 1 aromatic carbocycles. The third-order valence-electron chi connectivity index (χ3n) is 1.93. The number of thiophene rings is 1. The monoisotopic (exact) mass is 215 g/mol. The first kappa shape index (κ1) is 8.78. The lowest BCUT2D eigenvalue weighted by Crippen LogP contribution is -1.90. The van der Waals surface area contributed by atoms with E-state index in [9.17, 15) is 4.39 Å². The first-order valence-electron chi connectivity index (χ1n) is 3.74. The van der Waals surface area contributed by atoms with Crippen LogP contribution < -0.4 is 5.73 Å². The summed E-state index contributed by atoms with van der Waals surface area (Å²) < 4.78 is 14.4. The first-order chi connectivity index (χ1) is 6.24. The van der Waals surface area contributed by atoms with E-state index in [1.807, 2.05) is 11.4 Å². The van der Waals surface area contributed by atoms with Gasteiger partial charge in [-0.1, -0.05) is 0 Å². The van der Waals surface area contributed by atoms with Crippen molar-refractivity contribution < 1.29 is 4.39 Å². The highest BCUT2D eigenvalue weighted by Gasteiger charge is 2.10. The zero-order chi connectivity index (χ0) is 9.42. The molecule has 0 spiro atoms. The summed E-state index contributed by atoms with van der Waals surface area (Å²) in [5.41, 5.74) is 6.44. The highest BCUT2D eigenvalue weighted by Crippen LogP contribution is 2.31. The average molecular weight is 216 g/mol. The van der Waals surface area contributed by atoms with Gasteiger partial charge >= 0.3 is 0 Å². The molecule has 0 aliphatic rings. The lowest BCUT2D eigenvalue weighted by atomic mass is 10.1. The van der Waals surface area contributed by atoms with Crippen molar-refractivity contribution >= 4 is 38.7 Å². The van der Waals surface area contributed by atoms with Crippen LogP contribution in [0, 0.1) is 5.82 Å². The van der Waals surface area contributed by atoms with Crippen LogP contribution in [0.25, 0.3) is 10.1 Å². The smallest absolute Gasteiger partial charge is 0.155 e. The predicted molar refractivity (Wildman–Crippen MR) is 55.8 cm³/mol. The van der Waals surface area contributed by atoms with Crippen molar-refractivity contribution in [1.82, 2.24) is 0 Å². The highest BCUT2D eigenvalue weighted by atomic mass is 35.5. The zero-order valence-corrected chi connectivity index (χ0v) is 8.25. The summed E-state index contributed by atoms with van der Waals surface area (Å²) in [5, 5.41) is 2.43. The predicted octanol–water partition coefficient (Wildman–Crippen LogP) is 3.36. The van der Waals surface area contributed by atoms with Crippen molar-refractivity contribution in [2.45, 2.75) is 5.88 Å². The molecule has 0 atom stereocenters. The molecular formula is C9H7ClFNS. The lowest BCUT2D eigenvalue weighted by Gasteiger charge is -1.99. The van der Waals surface area contributed by atoms with Gasteiger partial charge < -0.3 is 5.73 Å². The van der Waals surface area contributed by atoms with Crippen LogP contribution >= 0.6 is 22.9 Å². The zero-order valence-electron chi connectivity index (χ0n) is 6.68. The minimum absolute atomic E-state index is 0.178. The molecule has 13 heavy (non-hydrogen) atoms. The van der Waals surface area contributed by atoms with Crippen LogP contribution in [0.4, 0.5) is 10.1 Å². The average Bonchev–Trinajstić information content (AvgIpc) is 2.55. The Hall–Kier alpha value is -0.800. The molecule has 0 aliphatic heterocycles. The Bertz CT molecular complexity index is 452. The molecule has 0 bridgehead atoms. The SMILES string of the molecule is Nc1ccc2scc(CCl)c2c1F. The van der Waals surface area contributed by atoms with Gasteiger partial charge in [-0.2, -0.15) is 0 Å². The molecule has 0 saturated heterocycles. The van der Waals surface area contributed by atoms with Gasteiger partial charge in [0.1, 0.15) is 0 Å². The molecule has 1 nitrogen and oxygen atoms in total. The van der Waals surface area contributed by atoms with Crippen LogP contribution in [0.3, 0.4) is 0 Å². The van der Waals surface area contributed by atoms with Crippen LogP contribution in [0.15, 0.2) is 17.5 Å². The van der Waals surface area contributed by atoms with Gasteiger partial charge in [0.15, 0.2) is 5.82 Å². The van der Waals surface area contributed by atoms with E-state index >= 15 is 0 Å². The minimum Gasteiger partial charge on any atom is -0.396 e. The maximum absolute atomic E-state index is 13.5. The normalized spacial score (nSPS) is 10.9. The van der Waals surface area contributed by atoms with Gasteiger partial charge in [0.05, 0.1) is 5.69 Å². The summed E-state index contributed by atoms with van der Waals surface area (Å²) in [6.07, 6.45) is 0. The number of anilines is 1. The number of alkyl halides is 1. The van der Waals surface area contributed by atoms with Crippen LogP contribution in [0.1, 0.15) is 5.56 Å². The van der Waals surface area contributed by atoms with E-state index in [1.165, 1.54) is 11.3 Å². The molecule has 1 heterocycles. The Morgan fingerprint density at radius 2 is 2.23 bits per heavy atom. The number of nitrogens with two attached hydrogens (primary N) is 1. The first-order valence-corrected chi connectivity index (χ1v) is 5.15. The molecule has 0 unspecified atom stereocenters. The number of halogens is 2. The molecule has 0 saturated carbocycles. The van der Waals surface area contributed by atoms with Gasteiger partial charge in [0.2, 0.25) is 0 Å². The quantitative estimate of drug-likeness (QED) is 0.573. The fraction of sp³-hybridized carbons (Fsp3) is 0.111. The summed E-state index contributed by atoms with van der Waals surface area (Å²) in [4.78, 5) is 0. The van der Waals surface area contributed by atoms with Crippen molar-refractivity contribution in [3.05, 3.63) is 28.9 Å². The van der Waals surface area contributed by atoms with Gasteiger partial charge in [-0.15, -0.1) is 22.9 Å². The van der Waals surface area contributed by atoms with Crippen LogP contribution in [0.5, 0.6) is 0 Å². The van der Waals surface area contributed by atoms with Crippen LogP contribution in [0.2, 0.25) is 0 Å². The molecule has 0 radical (unpaired) electrons. The Labute approximate surface area is 83.9 Å². The number of rotatable bonds is 1. The second-order valence-electron chi connectivity index (χ2n) is 2.74. The van der Waals surface area contributed by atoms with Crippen molar-refractivity contribution in [2.75, 3.05) is 5.73 Å². The molecule has 0 amide bonds. The summed E-state index contributed by atoms with van der Waals surface area (Å²) >= 11 is 7.15. The van der Waals surface area contributed by atoms with Crippen LogP contribution in [-0.4, -0.2) is 0 Å². The van der Waals surface area contributed by atoms with Gasteiger partial charge in [0.25, 0.3) is 0 Å². The Kier molecular flexibility index (Phi) is 2.14. The summed E-state index contributed by atoms with van der Waals surface area (Å²) in [6, 6.07) is 3.39. The maximum atomic E-state index is 13.5. The minimum atomic E-state index is -0.352. The molecule has 0 fully saturated rings. The molecule has 2 N–H and O–H groups in total. The van der Waals surface area contributed by atoms with Crippen molar-refractivity contribution in [1.29, 1.82) is 0 Å². The second kappa shape index (κ2) is 3.16. The lowest BCUT2D eigenvalue weighted by molar-refractivity contribution is 0.644. The molecule has 1 aromatic heterocycles. The fourth-order valence-electron chi connectivity index (χ4n) is 1.26. The molecule has 2 aromatic rings. The Morgan fingerprint density at radius 1 is 1.46 bits per heavy atom. The Balaban J connectivity index is 2.85. The second-order valence-corrected chi connectivity index (χ2v) is 3.91. The topological polar surface area (TPSA) is 26.0 Å². The molecular weight excluding hydrogens is 209 g/mol. The number of fused-ring (bicyclic) bond motifs is 1. The van der Waals surface area contributed by atoms with Gasteiger partial charge in [-0.05, 0) is 23.1 Å². The van der Waals surface area contributed by atoms with Gasteiger partial charge in [0, 0.05) is 16.0 Å². The summed E-state index contributed by atoms with van der Waals surface area (Å²) in [6.45, 7) is 0. The molecule has 4 heteroatoms. The van der Waals surface area contributed by atoms with E-state index in [0.717, 1.165) is 10.3 Å². The largest absolute Gasteiger partial charge is 0.396 e. The Morgan fingerprint density at radius 3 is 2.92 bits per heavy atom. The highest BCUT2D eigenvalue weighted by molar-refractivity contribution is 7.17. The number of benzene rings is 1. The van der Waals surface area contributed by atoms with Crippen molar-refractivity contribution in [3.8, 4) is 0 Å². The van der Waals surface area contributed by atoms with E-state index in [-0.39, 0.29) is 11.5 Å². The van der Waals surface area contributed by atoms with Crippen molar-refractivity contribution in [3.63, 3.8) is 0 Å². The van der Waals surface area contributed by atoms with E-state index in [1.54, 1.807) is 6.07 Å². The van der Waals surface area contributed by atoms with E-state index in [2.05, 4.69) is 0 Å². The molecule has 68 valence electrons. The standard InChI is InChI=1S/C9H7ClFNS/c10-3-5-4-13-7-2-1-6(12)9(11)8(5)7/h1-2,4H,3,12H2.